The topological polar surface area (TPSA) is 9.23 Å². The van der Waals surface area contributed by atoms with Crippen molar-refractivity contribution in [3.63, 3.8) is 0 Å². The quantitative estimate of drug-likeness (QED) is 0.672. The molecule has 12 heavy (non-hydrogen) atoms. The first-order valence-electron chi connectivity index (χ1n) is 3.74. The molecule has 0 aromatic heterocycles. The summed E-state index contributed by atoms with van der Waals surface area (Å²) in [7, 11) is 0.787. The highest BCUT2D eigenvalue weighted by Gasteiger charge is 1.87. The lowest BCUT2D eigenvalue weighted by molar-refractivity contribution is 0.402. The fourth-order valence-electron chi connectivity index (χ4n) is 0.891. The Bertz CT molecular complexity index is 273. The van der Waals surface area contributed by atoms with Crippen LogP contribution in [0.25, 0.3) is 6.08 Å². The van der Waals surface area contributed by atoms with Gasteiger partial charge < -0.3 is 4.43 Å². The average molecular weight is 199 g/mol. The fraction of sp³-hybridized carbons (Fsp3) is 0.111. The minimum atomic E-state index is 0.693. The molecule has 0 bridgehead atoms. The van der Waals surface area contributed by atoms with E-state index in [0.717, 1.165) is 21.1 Å². The van der Waals surface area contributed by atoms with Crippen LogP contribution in [-0.4, -0.2) is 17.1 Å². The van der Waals surface area contributed by atoms with Crippen LogP contribution < -0.4 is 0 Å². The standard InChI is InChI=1S/C9H11ClOSi/c10-9-5-1-3-8(7-9)4-2-6-11-12/h1-5,7H,6H2,12H3/b4-2-. The van der Waals surface area contributed by atoms with Gasteiger partial charge in [-0.3, -0.25) is 0 Å². The van der Waals surface area contributed by atoms with E-state index in [1.165, 1.54) is 0 Å². The van der Waals surface area contributed by atoms with Gasteiger partial charge in [0.2, 0.25) is 0 Å². The highest BCUT2D eigenvalue weighted by atomic mass is 35.5. The van der Waals surface area contributed by atoms with Gasteiger partial charge in [-0.15, -0.1) is 0 Å². The molecular weight excluding hydrogens is 188 g/mol. The first-order chi connectivity index (χ1) is 5.83. The predicted molar refractivity (Wildman–Crippen MR) is 56.4 cm³/mol. The van der Waals surface area contributed by atoms with E-state index in [9.17, 15) is 0 Å². The monoisotopic (exact) mass is 198 g/mol. The lowest BCUT2D eigenvalue weighted by atomic mass is 10.2. The molecule has 0 saturated carbocycles. The van der Waals surface area contributed by atoms with Crippen LogP contribution in [0.15, 0.2) is 30.3 Å². The number of hydrogen-bond acceptors (Lipinski definition) is 1. The summed E-state index contributed by atoms with van der Waals surface area (Å²) >= 11 is 5.80. The Morgan fingerprint density at radius 1 is 1.50 bits per heavy atom. The van der Waals surface area contributed by atoms with Gasteiger partial charge >= 0.3 is 0 Å². The molecule has 3 heteroatoms. The van der Waals surface area contributed by atoms with Crippen LogP contribution in [0.1, 0.15) is 5.56 Å². The van der Waals surface area contributed by atoms with Crippen molar-refractivity contribution in [3.8, 4) is 0 Å². The van der Waals surface area contributed by atoms with Crippen molar-refractivity contribution in [1.82, 2.24) is 0 Å². The van der Waals surface area contributed by atoms with Gasteiger partial charge in [-0.2, -0.15) is 0 Å². The Kier molecular flexibility index (Phi) is 4.08. The van der Waals surface area contributed by atoms with Gasteiger partial charge in [-0.25, -0.2) is 0 Å². The van der Waals surface area contributed by atoms with Crippen LogP contribution in [0, 0.1) is 0 Å². The molecule has 0 atom stereocenters. The summed E-state index contributed by atoms with van der Waals surface area (Å²) < 4.78 is 5.01. The number of benzene rings is 1. The molecule has 1 aromatic carbocycles. The maximum Gasteiger partial charge on any atom is 0.146 e. The molecular formula is C9H11ClOSi. The Labute approximate surface area is 80.5 Å². The van der Waals surface area contributed by atoms with Gasteiger partial charge in [0.05, 0.1) is 6.61 Å². The molecule has 0 spiro atoms. The molecule has 1 nitrogen and oxygen atoms in total. The third-order valence-corrected chi connectivity index (χ3v) is 1.99. The lowest BCUT2D eigenvalue weighted by Crippen LogP contribution is -1.82. The first-order valence-corrected chi connectivity index (χ1v) is 4.93. The number of halogens is 1. The third kappa shape index (κ3) is 3.22. The molecule has 0 heterocycles. The molecule has 64 valence electrons. The van der Waals surface area contributed by atoms with E-state index >= 15 is 0 Å². The van der Waals surface area contributed by atoms with Crippen molar-refractivity contribution in [2.75, 3.05) is 6.61 Å². The fourth-order valence-corrected chi connectivity index (χ4v) is 1.28. The summed E-state index contributed by atoms with van der Waals surface area (Å²) in [6, 6.07) is 7.73. The van der Waals surface area contributed by atoms with Gasteiger partial charge in [0.25, 0.3) is 0 Å². The second kappa shape index (κ2) is 5.14. The second-order valence-corrected chi connectivity index (χ2v) is 3.43. The summed E-state index contributed by atoms with van der Waals surface area (Å²) in [5.74, 6) is 0. The van der Waals surface area contributed by atoms with Gasteiger partial charge in [-0.1, -0.05) is 35.9 Å². The maximum absolute atomic E-state index is 5.80. The van der Waals surface area contributed by atoms with E-state index in [0.29, 0.717) is 6.61 Å². The zero-order valence-electron chi connectivity index (χ0n) is 6.96. The number of rotatable bonds is 3. The summed E-state index contributed by atoms with van der Waals surface area (Å²) in [6.07, 6.45) is 3.99. The molecule has 0 aliphatic heterocycles. The van der Waals surface area contributed by atoms with Crippen molar-refractivity contribution in [1.29, 1.82) is 0 Å². The minimum absolute atomic E-state index is 0.693. The average Bonchev–Trinajstić information content (AvgIpc) is 2.05. The molecule has 0 saturated heterocycles. The van der Waals surface area contributed by atoms with E-state index in [1.807, 2.05) is 36.4 Å². The van der Waals surface area contributed by atoms with E-state index in [1.54, 1.807) is 0 Å². The van der Waals surface area contributed by atoms with Crippen LogP contribution in [0.2, 0.25) is 5.02 Å². The smallest absolute Gasteiger partial charge is 0.146 e. The predicted octanol–water partition coefficient (Wildman–Crippen LogP) is 1.65. The summed E-state index contributed by atoms with van der Waals surface area (Å²) in [4.78, 5) is 0. The van der Waals surface area contributed by atoms with Gasteiger partial charge in [-0.05, 0) is 17.7 Å². The van der Waals surface area contributed by atoms with Crippen LogP contribution in [0.3, 0.4) is 0 Å². The molecule has 0 aliphatic rings. The van der Waals surface area contributed by atoms with Crippen LogP contribution >= 0.6 is 11.6 Å². The van der Waals surface area contributed by atoms with Gasteiger partial charge in [0.15, 0.2) is 0 Å². The molecule has 0 N–H and O–H groups in total. The Balaban J connectivity index is 2.63. The van der Waals surface area contributed by atoms with Crippen LogP contribution in [0.5, 0.6) is 0 Å². The van der Waals surface area contributed by atoms with E-state index < -0.39 is 0 Å². The normalized spacial score (nSPS) is 11.1. The van der Waals surface area contributed by atoms with Crippen molar-refractivity contribution in [3.05, 3.63) is 40.9 Å². The van der Waals surface area contributed by atoms with Gasteiger partial charge in [0.1, 0.15) is 10.5 Å². The summed E-state index contributed by atoms with van der Waals surface area (Å²) in [6.45, 7) is 0.693. The van der Waals surface area contributed by atoms with Crippen molar-refractivity contribution in [2.24, 2.45) is 0 Å². The van der Waals surface area contributed by atoms with Crippen LogP contribution in [0.4, 0.5) is 0 Å². The molecule has 0 fully saturated rings. The SMILES string of the molecule is [SiH3]OC/C=C\c1cccc(Cl)c1. The molecule has 0 radical (unpaired) electrons. The van der Waals surface area contributed by atoms with E-state index in [2.05, 4.69) is 0 Å². The molecule has 0 unspecified atom stereocenters. The second-order valence-electron chi connectivity index (χ2n) is 2.41. The summed E-state index contributed by atoms with van der Waals surface area (Å²) in [5.41, 5.74) is 1.11. The van der Waals surface area contributed by atoms with E-state index in [-0.39, 0.29) is 0 Å². The van der Waals surface area contributed by atoms with E-state index in [4.69, 9.17) is 16.0 Å². The largest absolute Gasteiger partial charge is 0.424 e. The Morgan fingerprint density at radius 3 is 3.00 bits per heavy atom. The first kappa shape index (κ1) is 9.51. The Hall–Kier alpha value is -0.573. The molecule has 0 aliphatic carbocycles. The van der Waals surface area contributed by atoms with Crippen molar-refractivity contribution >= 4 is 28.2 Å². The molecule has 0 amide bonds. The molecule has 1 rings (SSSR count). The van der Waals surface area contributed by atoms with Crippen molar-refractivity contribution < 1.29 is 4.43 Å². The highest BCUT2D eigenvalue weighted by Crippen LogP contribution is 2.11. The third-order valence-electron chi connectivity index (χ3n) is 1.42. The summed E-state index contributed by atoms with van der Waals surface area (Å²) in [5, 5.41) is 0.768. The Morgan fingerprint density at radius 2 is 2.33 bits per heavy atom. The number of hydrogen-bond donors (Lipinski definition) is 0. The minimum Gasteiger partial charge on any atom is -0.424 e. The van der Waals surface area contributed by atoms with Gasteiger partial charge in [0, 0.05) is 5.02 Å². The zero-order valence-corrected chi connectivity index (χ0v) is 9.71. The molecule has 1 aromatic rings. The maximum atomic E-state index is 5.80. The van der Waals surface area contributed by atoms with Crippen LogP contribution in [-0.2, 0) is 4.43 Å². The highest BCUT2D eigenvalue weighted by molar-refractivity contribution is 6.30. The van der Waals surface area contributed by atoms with Crippen molar-refractivity contribution in [2.45, 2.75) is 0 Å². The lowest BCUT2D eigenvalue weighted by Gasteiger charge is -1.93. The zero-order chi connectivity index (χ0) is 8.81.